The number of nitro benzene ring substituents is 1. The molecular formula is C20H18N3O5-. The van der Waals surface area contributed by atoms with Crippen LogP contribution in [0.1, 0.15) is 42.0 Å². The summed E-state index contributed by atoms with van der Waals surface area (Å²) in [6, 6.07) is 13.2. The number of carboxylic acids is 1. The molecule has 1 atom stereocenters. The molecular weight excluding hydrogens is 362 g/mol. The topological polar surface area (TPSA) is 116 Å². The summed E-state index contributed by atoms with van der Waals surface area (Å²) >= 11 is 0. The van der Waals surface area contributed by atoms with Gasteiger partial charge in [-0.15, -0.1) is 0 Å². The van der Waals surface area contributed by atoms with Gasteiger partial charge in [-0.2, -0.15) is 5.10 Å². The number of amides is 1. The van der Waals surface area contributed by atoms with Crippen LogP contribution in [0.25, 0.3) is 0 Å². The third-order valence-corrected chi connectivity index (χ3v) is 4.56. The van der Waals surface area contributed by atoms with Gasteiger partial charge in [0.1, 0.15) is 0 Å². The number of benzene rings is 2. The first-order valence-electron chi connectivity index (χ1n) is 8.76. The number of rotatable bonds is 6. The number of hydrazone groups is 1. The predicted octanol–water partition coefficient (Wildman–Crippen LogP) is 2.11. The Bertz CT molecular complexity index is 953. The molecule has 8 nitrogen and oxygen atoms in total. The summed E-state index contributed by atoms with van der Waals surface area (Å²) in [5, 5.41) is 27.5. The molecule has 8 heteroatoms. The van der Waals surface area contributed by atoms with Crippen molar-refractivity contribution in [1.29, 1.82) is 0 Å². The van der Waals surface area contributed by atoms with Crippen LogP contribution < -0.4 is 5.11 Å². The van der Waals surface area contributed by atoms with E-state index in [9.17, 15) is 24.8 Å². The van der Waals surface area contributed by atoms with Crippen molar-refractivity contribution in [2.75, 3.05) is 0 Å². The minimum absolute atomic E-state index is 0.0802. The maximum Gasteiger partial charge on any atom is 0.269 e. The maximum absolute atomic E-state index is 12.6. The Labute approximate surface area is 161 Å². The molecule has 28 heavy (non-hydrogen) atoms. The van der Waals surface area contributed by atoms with Crippen molar-refractivity contribution in [3.8, 4) is 0 Å². The van der Waals surface area contributed by atoms with E-state index in [2.05, 4.69) is 5.10 Å². The van der Waals surface area contributed by atoms with E-state index in [0.29, 0.717) is 17.7 Å². The second-order valence-electron chi connectivity index (χ2n) is 6.60. The molecule has 0 aliphatic carbocycles. The zero-order valence-corrected chi connectivity index (χ0v) is 15.2. The third kappa shape index (κ3) is 4.22. The molecule has 0 radical (unpaired) electrons. The van der Waals surface area contributed by atoms with Crippen LogP contribution in [0.3, 0.4) is 0 Å². The first kappa shape index (κ1) is 19.2. The number of aliphatic carboxylic acids is 1. The molecule has 0 spiro atoms. The van der Waals surface area contributed by atoms with Crippen molar-refractivity contribution in [2.45, 2.75) is 32.2 Å². The molecule has 2 aromatic rings. The van der Waals surface area contributed by atoms with Gasteiger partial charge in [-0.3, -0.25) is 14.9 Å². The van der Waals surface area contributed by atoms with Crippen LogP contribution >= 0.6 is 0 Å². The number of aryl methyl sites for hydroxylation is 1. The number of carbonyl (C=O) groups excluding carboxylic acids is 2. The molecule has 1 heterocycles. The standard InChI is InChI=1S/C20H19N3O5/c1-13-5-7-14(8-6-13)17-12-18(15-3-2-4-16(11-15)23(27)28)22(21-17)19(24)9-10-20(25)26/h2-8,11,18H,9-10,12H2,1H3,(H,25,26)/p-1/t18-/m0/s1. The minimum atomic E-state index is -1.32. The number of nitro groups is 1. The van der Waals surface area contributed by atoms with Crippen molar-refractivity contribution >= 4 is 23.3 Å². The smallest absolute Gasteiger partial charge is 0.269 e. The van der Waals surface area contributed by atoms with Crippen LogP contribution in [-0.4, -0.2) is 27.5 Å². The van der Waals surface area contributed by atoms with Gasteiger partial charge in [0.05, 0.1) is 16.7 Å². The number of hydrogen-bond donors (Lipinski definition) is 0. The molecule has 1 aliphatic heterocycles. The number of carboxylic acid groups (broad SMARTS) is 1. The van der Waals surface area contributed by atoms with Gasteiger partial charge in [-0.1, -0.05) is 42.0 Å². The highest BCUT2D eigenvalue weighted by Crippen LogP contribution is 2.34. The molecule has 1 aliphatic rings. The highest BCUT2D eigenvalue weighted by atomic mass is 16.6. The Morgan fingerprint density at radius 3 is 2.54 bits per heavy atom. The van der Waals surface area contributed by atoms with Crippen molar-refractivity contribution in [3.05, 3.63) is 75.3 Å². The van der Waals surface area contributed by atoms with Gasteiger partial charge in [-0.05, 0) is 24.5 Å². The van der Waals surface area contributed by atoms with E-state index in [1.807, 2.05) is 31.2 Å². The summed E-state index contributed by atoms with van der Waals surface area (Å²) in [6.45, 7) is 1.96. The van der Waals surface area contributed by atoms with Crippen molar-refractivity contribution in [1.82, 2.24) is 5.01 Å². The molecule has 1 amide bonds. The lowest BCUT2D eigenvalue weighted by Gasteiger charge is -2.22. The van der Waals surface area contributed by atoms with E-state index in [4.69, 9.17) is 0 Å². The minimum Gasteiger partial charge on any atom is -0.550 e. The summed E-state index contributed by atoms with van der Waals surface area (Å²) < 4.78 is 0. The summed E-state index contributed by atoms with van der Waals surface area (Å²) in [5.74, 6) is -1.79. The van der Waals surface area contributed by atoms with Crippen LogP contribution in [-0.2, 0) is 9.59 Å². The molecule has 0 unspecified atom stereocenters. The van der Waals surface area contributed by atoms with E-state index in [1.165, 1.54) is 17.1 Å². The number of hydrogen-bond acceptors (Lipinski definition) is 6. The van der Waals surface area contributed by atoms with E-state index in [0.717, 1.165) is 11.1 Å². The van der Waals surface area contributed by atoms with Crippen LogP contribution in [0.15, 0.2) is 53.6 Å². The molecule has 0 aromatic heterocycles. The van der Waals surface area contributed by atoms with Gasteiger partial charge < -0.3 is 9.90 Å². The summed E-state index contributed by atoms with van der Waals surface area (Å²) in [6.07, 6.45) is -0.286. The van der Waals surface area contributed by atoms with Crippen LogP contribution in [0.5, 0.6) is 0 Å². The monoisotopic (exact) mass is 380 g/mol. The molecule has 144 valence electrons. The Morgan fingerprint density at radius 1 is 1.18 bits per heavy atom. The van der Waals surface area contributed by atoms with Gasteiger partial charge in [0.2, 0.25) is 5.91 Å². The summed E-state index contributed by atoms with van der Waals surface area (Å²) in [7, 11) is 0. The van der Waals surface area contributed by atoms with Crippen LogP contribution in [0.2, 0.25) is 0 Å². The third-order valence-electron chi connectivity index (χ3n) is 4.56. The van der Waals surface area contributed by atoms with E-state index in [1.54, 1.807) is 12.1 Å². The fourth-order valence-corrected chi connectivity index (χ4v) is 3.09. The Morgan fingerprint density at radius 2 is 1.89 bits per heavy atom. The van der Waals surface area contributed by atoms with Gasteiger partial charge in [0.25, 0.3) is 5.69 Å². The zero-order valence-electron chi connectivity index (χ0n) is 15.2. The van der Waals surface area contributed by atoms with Gasteiger partial charge in [-0.25, -0.2) is 5.01 Å². The SMILES string of the molecule is Cc1ccc(C2=NN(C(=O)CCC(=O)[O-])[C@H](c3cccc([N+](=O)[O-])c3)C2)cc1. The van der Waals surface area contributed by atoms with Gasteiger partial charge in [0, 0.05) is 30.9 Å². The second kappa shape index (κ2) is 7.99. The van der Waals surface area contributed by atoms with Crippen molar-refractivity contribution < 1.29 is 19.6 Å². The summed E-state index contributed by atoms with van der Waals surface area (Å²) in [4.78, 5) is 33.9. The summed E-state index contributed by atoms with van der Waals surface area (Å²) in [5.41, 5.74) is 3.08. The average molecular weight is 380 g/mol. The van der Waals surface area contributed by atoms with E-state index >= 15 is 0 Å². The molecule has 0 N–H and O–H groups in total. The van der Waals surface area contributed by atoms with Crippen molar-refractivity contribution in [2.24, 2.45) is 5.10 Å². The lowest BCUT2D eigenvalue weighted by molar-refractivity contribution is -0.385. The maximum atomic E-state index is 12.6. The Balaban J connectivity index is 1.94. The largest absolute Gasteiger partial charge is 0.550 e. The lowest BCUT2D eigenvalue weighted by Crippen LogP contribution is -2.29. The van der Waals surface area contributed by atoms with Crippen LogP contribution in [0, 0.1) is 17.0 Å². The fourth-order valence-electron chi connectivity index (χ4n) is 3.09. The van der Waals surface area contributed by atoms with E-state index in [-0.39, 0.29) is 12.1 Å². The normalized spacial score (nSPS) is 16.0. The predicted molar refractivity (Wildman–Crippen MR) is 99.3 cm³/mol. The fraction of sp³-hybridized carbons (Fsp3) is 0.250. The molecule has 2 aromatic carbocycles. The molecule has 0 bridgehead atoms. The van der Waals surface area contributed by atoms with Gasteiger partial charge >= 0.3 is 0 Å². The first-order chi connectivity index (χ1) is 13.3. The quantitative estimate of drug-likeness (QED) is 0.562. The lowest BCUT2D eigenvalue weighted by atomic mass is 9.97. The second-order valence-corrected chi connectivity index (χ2v) is 6.60. The van der Waals surface area contributed by atoms with Gasteiger partial charge in [0.15, 0.2) is 0 Å². The Kier molecular flexibility index (Phi) is 5.49. The number of non-ortho nitro benzene ring substituents is 1. The molecule has 0 saturated heterocycles. The Hall–Kier alpha value is -3.55. The average Bonchev–Trinajstić information content (AvgIpc) is 3.12. The highest BCUT2D eigenvalue weighted by molar-refractivity contribution is 6.03. The molecule has 0 fully saturated rings. The first-order valence-corrected chi connectivity index (χ1v) is 8.76. The molecule has 3 rings (SSSR count). The number of nitrogens with zero attached hydrogens (tertiary/aromatic N) is 3. The van der Waals surface area contributed by atoms with Crippen LogP contribution in [0.4, 0.5) is 5.69 Å². The highest BCUT2D eigenvalue weighted by Gasteiger charge is 2.33. The number of carbonyl (C=O) groups is 2. The van der Waals surface area contributed by atoms with Crippen molar-refractivity contribution in [3.63, 3.8) is 0 Å². The van der Waals surface area contributed by atoms with E-state index < -0.39 is 29.3 Å². The zero-order chi connectivity index (χ0) is 20.3. The molecule has 0 saturated carbocycles.